The van der Waals surface area contributed by atoms with Crippen LogP contribution in [0.1, 0.15) is 26.3 Å². The molecule has 1 aromatic heterocycles. The van der Waals surface area contributed by atoms with Crippen LogP contribution in [0.3, 0.4) is 0 Å². The van der Waals surface area contributed by atoms with Gasteiger partial charge in [0.15, 0.2) is 11.5 Å². The molecule has 0 spiro atoms. The van der Waals surface area contributed by atoms with E-state index in [1.54, 1.807) is 0 Å². The zero-order chi connectivity index (χ0) is 19.7. The number of benzene rings is 2. The Morgan fingerprint density at radius 1 is 0.963 bits per heavy atom. The molecule has 9 heteroatoms. The zero-order valence-electron chi connectivity index (χ0n) is 13.5. The molecule has 0 aliphatic carbocycles. The van der Waals surface area contributed by atoms with E-state index in [9.17, 15) is 34.8 Å². The van der Waals surface area contributed by atoms with E-state index in [1.165, 1.54) is 24.3 Å². The van der Waals surface area contributed by atoms with Gasteiger partial charge in [0.05, 0.1) is 11.1 Å². The summed E-state index contributed by atoms with van der Waals surface area (Å²) >= 11 is 0.931. The van der Waals surface area contributed by atoms with Crippen molar-refractivity contribution in [1.82, 2.24) is 0 Å². The third kappa shape index (κ3) is 3.58. The maximum atomic E-state index is 11.8. The Morgan fingerprint density at radius 2 is 1.56 bits per heavy atom. The standard InChI is InChI=1S/C18H12O8S/c19-12-5-11-8(4-15(21)26-14(11)6-13(12)20)7-27-16-9(17(22)23)2-1-3-10(16)18(24)25/h1-6,19-20H,7H2,(H,22,23)(H,24,25). The van der Waals surface area contributed by atoms with E-state index in [2.05, 4.69) is 0 Å². The molecule has 3 aromatic rings. The SMILES string of the molecule is O=C(O)c1cccc(C(=O)O)c1SCc1cc(=O)oc2cc(O)c(O)cc12. The summed E-state index contributed by atoms with van der Waals surface area (Å²) in [5.41, 5.74) is -0.620. The van der Waals surface area contributed by atoms with Crippen LogP contribution in [0.5, 0.6) is 11.5 Å². The second-order valence-corrected chi connectivity index (χ2v) is 6.49. The van der Waals surface area contributed by atoms with Gasteiger partial charge in [0.1, 0.15) is 5.58 Å². The van der Waals surface area contributed by atoms with Gasteiger partial charge in [-0.15, -0.1) is 11.8 Å². The molecule has 3 rings (SSSR count). The predicted octanol–water partition coefficient (Wildman–Crippen LogP) is 2.89. The molecule has 1 heterocycles. The van der Waals surface area contributed by atoms with Crippen LogP contribution >= 0.6 is 11.8 Å². The van der Waals surface area contributed by atoms with Crippen molar-refractivity contribution in [2.24, 2.45) is 0 Å². The number of hydrogen-bond donors (Lipinski definition) is 4. The fourth-order valence-electron chi connectivity index (χ4n) is 2.55. The summed E-state index contributed by atoms with van der Waals surface area (Å²) in [5, 5.41) is 38.2. The van der Waals surface area contributed by atoms with Gasteiger partial charge in [-0.25, -0.2) is 14.4 Å². The molecule has 0 saturated heterocycles. The highest BCUT2D eigenvalue weighted by Gasteiger charge is 2.19. The molecule has 0 atom stereocenters. The zero-order valence-corrected chi connectivity index (χ0v) is 14.3. The molecule has 4 N–H and O–H groups in total. The topological polar surface area (TPSA) is 145 Å². The highest BCUT2D eigenvalue weighted by Crippen LogP contribution is 2.35. The molecule has 0 fully saturated rings. The Kier molecular flexibility index (Phi) is 4.78. The lowest BCUT2D eigenvalue weighted by atomic mass is 10.1. The second kappa shape index (κ2) is 7.04. The number of aromatic carboxylic acids is 2. The Bertz CT molecular complexity index is 1100. The molecular formula is C18H12O8S. The fraction of sp³-hybridized carbons (Fsp3) is 0.0556. The Balaban J connectivity index is 2.08. The van der Waals surface area contributed by atoms with Crippen LogP contribution < -0.4 is 5.63 Å². The average molecular weight is 388 g/mol. The minimum atomic E-state index is -1.28. The van der Waals surface area contributed by atoms with E-state index in [0.717, 1.165) is 23.9 Å². The molecule has 0 radical (unpaired) electrons. The van der Waals surface area contributed by atoms with Gasteiger partial charge < -0.3 is 24.8 Å². The molecule has 138 valence electrons. The molecule has 0 saturated carbocycles. The van der Waals surface area contributed by atoms with Crippen LogP contribution in [-0.2, 0) is 5.75 Å². The third-order valence-corrected chi connectivity index (χ3v) is 4.96. The summed E-state index contributed by atoms with van der Waals surface area (Å²) in [6.45, 7) is 0. The number of hydrogen-bond acceptors (Lipinski definition) is 7. The number of rotatable bonds is 5. The van der Waals surface area contributed by atoms with Crippen LogP contribution in [0.15, 0.2) is 50.5 Å². The van der Waals surface area contributed by atoms with Crippen LogP contribution in [0.25, 0.3) is 11.0 Å². The number of carboxylic acids is 2. The number of carboxylic acid groups (broad SMARTS) is 2. The first kappa shape index (κ1) is 18.3. The third-order valence-electron chi connectivity index (χ3n) is 3.77. The van der Waals surface area contributed by atoms with Crippen molar-refractivity contribution in [3.63, 3.8) is 0 Å². The van der Waals surface area contributed by atoms with Crippen molar-refractivity contribution in [3.05, 3.63) is 63.5 Å². The van der Waals surface area contributed by atoms with Gasteiger partial charge in [-0.1, -0.05) is 6.07 Å². The van der Waals surface area contributed by atoms with Crippen LogP contribution in [0.2, 0.25) is 0 Å². The summed E-state index contributed by atoms with van der Waals surface area (Å²) < 4.78 is 4.99. The van der Waals surface area contributed by atoms with Crippen molar-refractivity contribution in [1.29, 1.82) is 0 Å². The van der Waals surface area contributed by atoms with Gasteiger partial charge in [0.25, 0.3) is 0 Å². The molecule has 27 heavy (non-hydrogen) atoms. The summed E-state index contributed by atoms with van der Waals surface area (Å²) in [6.07, 6.45) is 0. The minimum absolute atomic E-state index is 0.0386. The summed E-state index contributed by atoms with van der Waals surface area (Å²) in [7, 11) is 0. The number of aromatic hydroxyl groups is 2. The van der Waals surface area contributed by atoms with Crippen LogP contribution in [-0.4, -0.2) is 32.4 Å². The number of phenols is 2. The van der Waals surface area contributed by atoms with Gasteiger partial charge in [-0.2, -0.15) is 0 Å². The quantitative estimate of drug-likeness (QED) is 0.294. The van der Waals surface area contributed by atoms with Crippen molar-refractivity contribution in [3.8, 4) is 11.5 Å². The highest BCUT2D eigenvalue weighted by molar-refractivity contribution is 7.98. The maximum absolute atomic E-state index is 11.8. The monoisotopic (exact) mass is 388 g/mol. The predicted molar refractivity (Wildman–Crippen MR) is 95.7 cm³/mol. The van der Waals surface area contributed by atoms with Gasteiger partial charge in [-0.05, 0) is 23.8 Å². The van der Waals surface area contributed by atoms with E-state index in [1.807, 2.05) is 0 Å². The second-order valence-electron chi connectivity index (χ2n) is 5.51. The molecule has 0 aliphatic heterocycles. The van der Waals surface area contributed by atoms with E-state index in [0.29, 0.717) is 10.9 Å². The van der Waals surface area contributed by atoms with Crippen LogP contribution in [0.4, 0.5) is 0 Å². The molecular weight excluding hydrogens is 376 g/mol. The largest absolute Gasteiger partial charge is 0.504 e. The van der Waals surface area contributed by atoms with Gasteiger partial charge in [-0.3, -0.25) is 0 Å². The summed E-state index contributed by atoms with van der Waals surface area (Å²) in [4.78, 5) is 34.6. The van der Waals surface area contributed by atoms with E-state index in [4.69, 9.17) is 4.42 Å². The first-order valence-electron chi connectivity index (χ1n) is 7.49. The number of fused-ring (bicyclic) bond motifs is 1. The smallest absolute Gasteiger partial charge is 0.336 e. The van der Waals surface area contributed by atoms with Gasteiger partial charge in [0, 0.05) is 28.2 Å². The highest BCUT2D eigenvalue weighted by atomic mass is 32.2. The van der Waals surface area contributed by atoms with E-state index in [-0.39, 0.29) is 27.4 Å². The fourth-order valence-corrected chi connectivity index (χ4v) is 3.71. The minimum Gasteiger partial charge on any atom is -0.504 e. The first-order chi connectivity index (χ1) is 12.8. The average Bonchev–Trinajstić information content (AvgIpc) is 2.60. The lowest BCUT2D eigenvalue weighted by Gasteiger charge is -2.11. The Hall–Kier alpha value is -3.46. The van der Waals surface area contributed by atoms with Crippen molar-refractivity contribution < 1.29 is 34.4 Å². The Morgan fingerprint density at radius 3 is 2.15 bits per heavy atom. The van der Waals surface area contributed by atoms with Crippen LogP contribution in [0, 0.1) is 0 Å². The normalized spacial score (nSPS) is 10.8. The number of carbonyl (C=O) groups is 2. The van der Waals surface area contributed by atoms with E-state index >= 15 is 0 Å². The van der Waals surface area contributed by atoms with Crippen molar-refractivity contribution in [2.45, 2.75) is 10.6 Å². The summed E-state index contributed by atoms with van der Waals surface area (Å²) in [6, 6.07) is 7.38. The summed E-state index contributed by atoms with van der Waals surface area (Å²) in [5.74, 6) is -3.39. The van der Waals surface area contributed by atoms with Gasteiger partial charge >= 0.3 is 17.6 Å². The first-order valence-corrected chi connectivity index (χ1v) is 8.47. The molecule has 2 aromatic carbocycles. The number of thioether (sulfide) groups is 1. The van der Waals surface area contributed by atoms with Gasteiger partial charge in [0.2, 0.25) is 0 Å². The molecule has 0 bridgehead atoms. The molecule has 0 amide bonds. The van der Waals surface area contributed by atoms with Crippen molar-refractivity contribution >= 4 is 34.7 Å². The number of phenolic OH excluding ortho intramolecular Hbond substituents is 2. The molecule has 0 aliphatic rings. The maximum Gasteiger partial charge on any atom is 0.336 e. The Labute approximate surface area is 155 Å². The molecule has 8 nitrogen and oxygen atoms in total. The van der Waals surface area contributed by atoms with Crippen molar-refractivity contribution in [2.75, 3.05) is 0 Å². The lowest BCUT2D eigenvalue weighted by Crippen LogP contribution is -2.06. The lowest BCUT2D eigenvalue weighted by molar-refractivity contribution is 0.0690. The van der Waals surface area contributed by atoms with E-state index < -0.39 is 29.1 Å². The molecule has 0 unspecified atom stereocenters.